The Balaban J connectivity index is 1.74. The summed E-state index contributed by atoms with van der Waals surface area (Å²) < 4.78 is 6.26. The van der Waals surface area contributed by atoms with Crippen LogP contribution in [0.4, 0.5) is 0 Å². The van der Waals surface area contributed by atoms with Crippen LogP contribution in [0.3, 0.4) is 0 Å². The average molecular weight is 434 g/mol. The number of aromatic nitrogens is 2. The first-order valence-corrected chi connectivity index (χ1v) is 10.0. The van der Waals surface area contributed by atoms with Gasteiger partial charge in [0.25, 0.3) is 5.56 Å². The van der Waals surface area contributed by atoms with Crippen molar-refractivity contribution >= 4 is 11.6 Å². The quantitative estimate of drug-likeness (QED) is 0.637. The molecule has 0 aliphatic carbocycles. The summed E-state index contributed by atoms with van der Waals surface area (Å²) in [6.45, 7) is 1.45. The fourth-order valence-corrected chi connectivity index (χ4v) is 3.77. The van der Waals surface area contributed by atoms with Gasteiger partial charge < -0.3 is 9.84 Å². The molecule has 9 nitrogen and oxygen atoms in total. The van der Waals surface area contributed by atoms with Crippen LogP contribution in [0, 0.1) is 0 Å². The second kappa shape index (κ2) is 8.54. The number of aromatic amines is 1. The molecule has 2 aromatic carbocycles. The highest BCUT2D eigenvalue weighted by Gasteiger charge is 2.34. The normalized spacial score (nSPS) is 15.5. The van der Waals surface area contributed by atoms with Crippen LogP contribution in [-0.4, -0.2) is 38.4 Å². The van der Waals surface area contributed by atoms with E-state index in [1.807, 2.05) is 30.3 Å². The second-order valence-electron chi connectivity index (χ2n) is 7.43. The van der Waals surface area contributed by atoms with Gasteiger partial charge in [0.15, 0.2) is 0 Å². The van der Waals surface area contributed by atoms with Crippen molar-refractivity contribution in [1.29, 1.82) is 0 Å². The lowest BCUT2D eigenvalue weighted by molar-refractivity contribution is -0.130. The number of hydrogen-bond donors (Lipinski definition) is 2. The molecule has 9 heteroatoms. The molecule has 1 atom stereocenters. The molecule has 2 heterocycles. The summed E-state index contributed by atoms with van der Waals surface area (Å²) >= 11 is 0. The van der Waals surface area contributed by atoms with E-state index < -0.39 is 23.2 Å². The number of hydrazone groups is 1. The van der Waals surface area contributed by atoms with E-state index in [4.69, 9.17) is 4.74 Å². The molecule has 0 saturated heterocycles. The Labute approximate surface area is 183 Å². The molecule has 1 aliphatic heterocycles. The Kier molecular flexibility index (Phi) is 5.63. The van der Waals surface area contributed by atoms with Gasteiger partial charge in [0.05, 0.1) is 25.4 Å². The lowest BCUT2D eigenvalue weighted by Gasteiger charge is -2.20. The number of benzene rings is 2. The fraction of sp³-hybridized carbons (Fsp3) is 0.217. The van der Waals surface area contributed by atoms with Crippen LogP contribution in [0.5, 0.6) is 11.6 Å². The van der Waals surface area contributed by atoms with Gasteiger partial charge in [0.1, 0.15) is 11.3 Å². The first-order chi connectivity index (χ1) is 15.4. The monoisotopic (exact) mass is 434 g/mol. The Hall–Kier alpha value is -4.14. The van der Waals surface area contributed by atoms with Crippen LogP contribution in [0.15, 0.2) is 69.3 Å². The Morgan fingerprint density at radius 1 is 1.16 bits per heavy atom. The highest BCUT2D eigenvalue weighted by molar-refractivity contribution is 6.04. The number of H-pyrrole nitrogens is 1. The lowest BCUT2D eigenvalue weighted by Crippen LogP contribution is -2.34. The number of ether oxygens (including phenoxy) is 1. The first kappa shape index (κ1) is 21.1. The maximum absolute atomic E-state index is 12.6. The molecule has 0 radical (unpaired) electrons. The van der Waals surface area contributed by atoms with E-state index in [0.717, 1.165) is 15.7 Å². The number of aromatic hydroxyl groups is 1. The lowest BCUT2D eigenvalue weighted by atomic mass is 9.99. The molecule has 164 valence electrons. The summed E-state index contributed by atoms with van der Waals surface area (Å²) in [6.07, 6.45) is 0.200. The van der Waals surface area contributed by atoms with Crippen molar-refractivity contribution in [2.75, 3.05) is 7.11 Å². The van der Waals surface area contributed by atoms with Crippen molar-refractivity contribution in [2.24, 2.45) is 5.10 Å². The molecule has 1 aromatic heterocycles. The summed E-state index contributed by atoms with van der Waals surface area (Å²) in [5.41, 5.74) is 0.193. The zero-order valence-corrected chi connectivity index (χ0v) is 17.6. The zero-order valence-electron chi connectivity index (χ0n) is 17.6. The molecule has 0 fully saturated rings. The van der Waals surface area contributed by atoms with Crippen LogP contribution in [0.1, 0.15) is 36.1 Å². The Bertz CT molecular complexity index is 1290. The number of methoxy groups -OCH3 is 1. The van der Waals surface area contributed by atoms with E-state index in [-0.39, 0.29) is 30.1 Å². The van der Waals surface area contributed by atoms with E-state index in [2.05, 4.69) is 10.1 Å². The SMILES string of the molecule is COc1ccc(C2CC(c3c(O)n(Cc4ccccc4)c(=O)[nH]c3=O)=NN2C(C)=O)cc1. The molecule has 0 saturated carbocycles. The average Bonchev–Trinajstić information content (AvgIpc) is 3.22. The van der Waals surface area contributed by atoms with Crippen molar-refractivity contribution in [3.63, 3.8) is 0 Å². The molecule has 0 bridgehead atoms. The molecule has 3 aromatic rings. The van der Waals surface area contributed by atoms with Crippen molar-refractivity contribution in [3.8, 4) is 11.6 Å². The summed E-state index contributed by atoms with van der Waals surface area (Å²) in [5.74, 6) is -0.126. The Morgan fingerprint density at radius 2 is 1.84 bits per heavy atom. The minimum atomic E-state index is -0.755. The third-order valence-corrected chi connectivity index (χ3v) is 5.38. The van der Waals surface area contributed by atoms with Gasteiger partial charge in [-0.05, 0) is 23.3 Å². The Morgan fingerprint density at radius 3 is 2.47 bits per heavy atom. The summed E-state index contributed by atoms with van der Waals surface area (Å²) in [5, 5.41) is 16.5. The predicted octanol–water partition coefficient (Wildman–Crippen LogP) is 2.00. The predicted molar refractivity (Wildman–Crippen MR) is 118 cm³/mol. The molecule has 2 N–H and O–H groups in total. The fourth-order valence-electron chi connectivity index (χ4n) is 3.77. The van der Waals surface area contributed by atoms with Crippen molar-refractivity contribution < 1.29 is 14.6 Å². The molecule has 4 rings (SSSR count). The molecule has 1 aliphatic rings. The number of carbonyl (C=O) groups is 1. The number of nitrogens with zero attached hydrogens (tertiary/aromatic N) is 3. The first-order valence-electron chi connectivity index (χ1n) is 10.0. The smallest absolute Gasteiger partial charge is 0.331 e. The molecule has 32 heavy (non-hydrogen) atoms. The van der Waals surface area contributed by atoms with E-state index in [1.165, 1.54) is 11.9 Å². The van der Waals surface area contributed by atoms with Crippen LogP contribution in [-0.2, 0) is 11.3 Å². The van der Waals surface area contributed by atoms with Gasteiger partial charge in [-0.3, -0.25) is 19.1 Å². The third kappa shape index (κ3) is 3.92. The van der Waals surface area contributed by atoms with E-state index in [9.17, 15) is 19.5 Å². The van der Waals surface area contributed by atoms with Gasteiger partial charge in [-0.25, -0.2) is 9.80 Å². The van der Waals surface area contributed by atoms with Crippen molar-refractivity contribution in [2.45, 2.75) is 25.9 Å². The molecule has 0 spiro atoms. The minimum absolute atomic E-state index is 0.0703. The topological polar surface area (TPSA) is 117 Å². The van der Waals surface area contributed by atoms with Gasteiger partial charge in [-0.15, -0.1) is 0 Å². The third-order valence-electron chi connectivity index (χ3n) is 5.38. The maximum atomic E-state index is 12.6. The van der Waals surface area contributed by atoms with Gasteiger partial charge >= 0.3 is 5.69 Å². The second-order valence-corrected chi connectivity index (χ2v) is 7.43. The van der Waals surface area contributed by atoms with Gasteiger partial charge in [0, 0.05) is 13.3 Å². The molecule has 1 amide bonds. The van der Waals surface area contributed by atoms with Gasteiger partial charge in [-0.1, -0.05) is 42.5 Å². The van der Waals surface area contributed by atoms with Crippen LogP contribution >= 0.6 is 0 Å². The van der Waals surface area contributed by atoms with E-state index in [1.54, 1.807) is 31.4 Å². The summed E-state index contributed by atoms with van der Waals surface area (Å²) in [6, 6.07) is 15.8. The zero-order chi connectivity index (χ0) is 22.8. The van der Waals surface area contributed by atoms with Gasteiger partial charge in [-0.2, -0.15) is 5.10 Å². The van der Waals surface area contributed by atoms with Crippen molar-refractivity contribution in [3.05, 3.63) is 92.1 Å². The summed E-state index contributed by atoms with van der Waals surface area (Å²) in [4.78, 5) is 39.5. The number of nitrogens with one attached hydrogen (secondary N) is 1. The highest BCUT2D eigenvalue weighted by atomic mass is 16.5. The minimum Gasteiger partial charge on any atom is -0.497 e. The highest BCUT2D eigenvalue weighted by Crippen LogP contribution is 2.34. The van der Waals surface area contributed by atoms with Crippen LogP contribution in [0.25, 0.3) is 0 Å². The molecular weight excluding hydrogens is 412 g/mol. The maximum Gasteiger partial charge on any atom is 0.331 e. The van der Waals surface area contributed by atoms with Crippen molar-refractivity contribution in [1.82, 2.24) is 14.6 Å². The number of carbonyl (C=O) groups excluding carboxylic acids is 1. The molecule has 1 unspecified atom stereocenters. The summed E-state index contributed by atoms with van der Waals surface area (Å²) in [7, 11) is 1.56. The van der Waals surface area contributed by atoms with Crippen LogP contribution < -0.4 is 16.0 Å². The number of hydrogen-bond acceptors (Lipinski definition) is 6. The number of amides is 1. The standard InChI is InChI=1S/C23H22N4O5/c1-14(28)27-19(16-8-10-17(32-2)11-9-16)12-18(25-27)20-21(29)24-23(31)26(22(20)30)13-15-6-4-3-5-7-15/h3-11,19,30H,12-13H2,1-2H3,(H,24,29,31). The van der Waals surface area contributed by atoms with Crippen LogP contribution in [0.2, 0.25) is 0 Å². The van der Waals surface area contributed by atoms with E-state index in [0.29, 0.717) is 5.75 Å². The largest absolute Gasteiger partial charge is 0.497 e. The molecular formula is C23H22N4O5. The van der Waals surface area contributed by atoms with Gasteiger partial charge in [0.2, 0.25) is 11.8 Å². The van der Waals surface area contributed by atoms with E-state index >= 15 is 0 Å². The number of rotatable bonds is 5.